The molecule has 6 heteroatoms. The Morgan fingerprint density at radius 1 is 1.14 bits per heavy atom. The molecule has 0 fully saturated rings. The molecule has 0 radical (unpaired) electrons. The normalized spacial score (nSPS) is 17.5. The van der Waals surface area contributed by atoms with Crippen LogP contribution in [-0.2, 0) is 6.42 Å². The number of halogens is 4. The van der Waals surface area contributed by atoms with E-state index < -0.39 is 6.36 Å². The van der Waals surface area contributed by atoms with Gasteiger partial charge in [-0.1, -0.05) is 34.1 Å². The lowest BCUT2D eigenvalue weighted by Crippen LogP contribution is -2.19. The van der Waals surface area contributed by atoms with Crippen LogP contribution in [0.15, 0.2) is 46.9 Å². The van der Waals surface area contributed by atoms with Crippen LogP contribution >= 0.6 is 15.9 Å². The third-order valence-electron chi connectivity index (χ3n) is 3.63. The number of nitrogens with one attached hydrogen (secondary N) is 1. The highest BCUT2D eigenvalue weighted by molar-refractivity contribution is 9.10. The Morgan fingerprint density at radius 2 is 1.91 bits per heavy atom. The summed E-state index contributed by atoms with van der Waals surface area (Å²) in [6, 6.07) is 12.0. The second kappa shape index (κ2) is 5.83. The first-order chi connectivity index (χ1) is 10.4. The van der Waals surface area contributed by atoms with E-state index in [1.165, 1.54) is 17.7 Å². The van der Waals surface area contributed by atoms with Crippen molar-refractivity contribution in [3.05, 3.63) is 58.1 Å². The number of ether oxygens (including phenoxy) is 1. The predicted molar refractivity (Wildman–Crippen MR) is 82.0 cm³/mol. The van der Waals surface area contributed by atoms with Crippen molar-refractivity contribution >= 4 is 21.6 Å². The molecule has 0 saturated carbocycles. The summed E-state index contributed by atoms with van der Waals surface area (Å²) in [5, 5.41) is 3.38. The molecule has 2 aromatic carbocycles. The molecule has 1 heterocycles. The van der Waals surface area contributed by atoms with E-state index in [2.05, 4.69) is 26.0 Å². The summed E-state index contributed by atoms with van der Waals surface area (Å²) in [5.41, 5.74) is 2.99. The Hall–Kier alpha value is -1.69. The number of rotatable bonds is 2. The molecule has 2 nitrogen and oxygen atoms in total. The van der Waals surface area contributed by atoms with Crippen molar-refractivity contribution in [3.8, 4) is 5.75 Å². The molecule has 116 valence electrons. The van der Waals surface area contributed by atoms with Gasteiger partial charge in [-0.25, -0.2) is 0 Å². The van der Waals surface area contributed by atoms with Gasteiger partial charge in [0, 0.05) is 10.2 Å². The smallest absolute Gasteiger partial charge is 0.406 e. The number of hydrogen-bond donors (Lipinski definition) is 1. The number of anilines is 1. The van der Waals surface area contributed by atoms with Crippen molar-refractivity contribution in [3.63, 3.8) is 0 Å². The summed E-state index contributed by atoms with van der Waals surface area (Å²) in [6.07, 6.45) is -3.00. The van der Waals surface area contributed by atoms with Gasteiger partial charge in [0.2, 0.25) is 0 Å². The standard InChI is InChI=1S/C16H13BrF3NO/c17-13-5-2-6-15-12(13)7-8-14(21-15)10-3-1-4-11(9-10)22-16(18,19)20/h1-6,9,14,21H,7-8H2. The minimum absolute atomic E-state index is 0.0291. The Bertz CT molecular complexity index is 687. The molecule has 22 heavy (non-hydrogen) atoms. The first-order valence-electron chi connectivity index (χ1n) is 6.82. The molecule has 2 aromatic rings. The van der Waals surface area contributed by atoms with E-state index in [4.69, 9.17) is 0 Å². The number of hydrogen-bond acceptors (Lipinski definition) is 2. The Labute approximate surface area is 134 Å². The quantitative estimate of drug-likeness (QED) is 0.757. The van der Waals surface area contributed by atoms with Gasteiger partial charge >= 0.3 is 6.36 Å². The van der Waals surface area contributed by atoms with E-state index in [0.29, 0.717) is 0 Å². The molecule has 0 bridgehead atoms. The molecular formula is C16H13BrF3NO. The summed E-state index contributed by atoms with van der Waals surface area (Å²) in [7, 11) is 0. The molecule has 0 saturated heterocycles. The molecule has 1 aliphatic rings. The van der Waals surface area contributed by atoms with Crippen molar-refractivity contribution in [2.24, 2.45) is 0 Å². The Balaban J connectivity index is 1.83. The molecule has 1 N–H and O–H groups in total. The molecular weight excluding hydrogens is 359 g/mol. The van der Waals surface area contributed by atoms with E-state index >= 15 is 0 Å². The van der Waals surface area contributed by atoms with E-state index in [0.717, 1.165) is 28.6 Å². The molecule has 3 rings (SSSR count). The minimum Gasteiger partial charge on any atom is -0.406 e. The van der Waals surface area contributed by atoms with Gasteiger partial charge in [0.15, 0.2) is 0 Å². The zero-order valence-corrected chi connectivity index (χ0v) is 13.0. The predicted octanol–water partition coefficient (Wildman–Crippen LogP) is 5.45. The van der Waals surface area contributed by atoms with Crippen molar-refractivity contribution in [1.29, 1.82) is 0 Å². The maximum Gasteiger partial charge on any atom is 0.573 e. The zero-order chi connectivity index (χ0) is 15.7. The van der Waals surface area contributed by atoms with Crippen LogP contribution in [0.4, 0.5) is 18.9 Å². The zero-order valence-electron chi connectivity index (χ0n) is 11.5. The third-order valence-corrected chi connectivity index (χ3v) is 4.37. The van der Waals surface area contributed by atoms with Crippen molar-refractivity contribution in [2.75, 3.05) is 5.32 Å². The topological polar surface area (TPSA) is 21.3 Å². The lowest BCUT2D eigenvalue weighted by atomic mass is 9.93. The van der Waals surface area contributed by atoms with Gasteiger partial charge in [-0.3, -0.25) is 0 Å². The Kier molecular flexibility index (Phi) is 4.04. The van der Waals surface area contributed by atoms with Crippen molar-refractivity contribution in [2.45, 2.75) is 25.2 Å². The molecule has 0 spiro atoms. The highest BCUT2D eigenvalue weighted by Gasteiger charge is 2.31. The second-order valence-corrected chi connectivity index (χ2v) is 5.98. The fourth-order valence-corrected chi connectivity index (χ4v) is 3.24. The fourth-order valence-electron chi connectivity index (χ4n) is 2.67. The molecule has 0 amide bonds. The molecule has 0 aromatic heterocycles. The van der Waals surface area contributed by atoms with Crippen LogP contribution in [-0.4, -0.2) is 6.36 Å². The molecule has 0 aliphatic carbocycles. The first-order valence-corrected chi connectivity index (χ1v) is 7.61. The van der Waals surface area contributed by atoms with Crippen LogP contribution in [0.3, 0.4) is 0 Å². The second-order valence-electron chi connectivity index (χ2n) is 5.12. The summed E-state index contributed by atoms with van der Waals surface area (Å²) in [5.74, 6) is -0.188. The van der Waals surface area contributed by atoms with E-state index in [1.807, 2.05) is 24.3 Å². The van der Waals surface area contributed by atoms with Crippen LogP contribution in [0.1, 0.15) is 23.6 Å². The van der Waals surface area contributed by atoms with Gasteiger partial charge in [-0.05, 0) is 48.2 Å². The lowest BCUT2D eigenvalue weighted by molar-refractivity contribution is -0.274. The van der Waals surface area contributed by atoms with E-state index in [9.17, 15) is 13.2 Å². The molecule has 1 atom stereocenters. The largest absolute Gasteiger partial charge is 0.573 e. The van der Waals surface area contributed by atoms with E-state index in [1.54, 1.807) is 6.07 Å². The van der Waals surface area contributed by atoms with Crippen LogP contribution in [0.2, 0.25) is 0 Å². The van der Waals surface area contributed by atoms with Crippen LogP contribution in [0.25, 0.3) is 0 Å². The maximum atomic E-state index is 12.3. The lowest BCUT2D eigenvalue weighted by Gasteiger charge is -2.28. The number of alkyl halides is 3. The SMILES string of the molecule is FC(F)(F)Oc1cccc(C2CCc3c(Br)cccc3N2)c1. The van der Waals surface area contributed by atoms with Gasteiger partial charge in [0.1, 0.15) is 5.75 Å². The minimum atomic E-state index is -4.67. The third kappa shape index (κ3) is 3.38. The van der Waals surface area contributed by atoms with Crippen molar-refractivity contribution in [1.82, 2.24) is 0 Å². The molecule has 1 aliphatic heterocycles. The summed E-state index contributed by atoms with van der Waals surface area (Å²) in [4.78, 5) is 0. The molecule has 1 unspecified atom stereocenters. The highest BCUT2D eigenvalue weighted by Crippen LogP contribution is 2.37. The first kappa shape index (κ1) is 15.2. The average molecular weight is 372 g/mol. The van der Waals surface area contributed by atoms with Gasteiger partial charge in [-0.15, -0.1) is 13.2 Å². The number of fused-ring (bicyclic) bond motifs is 1. The van der Waals surface area contributed by atoms with Gasteiger partial charge in [0.25, 0.3) is 0 Å². The number of benzene rings is 2. The highest BCUT2D eigenvalue weighted by atomic mass is 79.9. The van der Waals surface area contributed by atoms with Gasteiger partial charge in [0.05, 0.1) is 6.04 Å². The van der Waals surface area contributed by atoms with Crippen molar-refractivity contribution < 1.29 is 17.9 Å². The summed E-state index contributed by atoms with van der Waals surface area (Å²) in [6.45, 7) is 0. The van der Waals surface area contributed by atoms with Gasteiger partial charge in [-0.2, -0.15) is 0 Å². The van der Waals surface area contributed by atoms with Gasteiger partial charge < -0.3 is 10.1 Å². The summed E-state index contributed by atoms with van der Waals surface area (Å²) >= 11 is 3.52. The monoisotopic (exact) mass is 371 g/mol. The van der Waals surface area contributed by atoms with Crippen LogP contribution in [0, 0.1) is 0 Å². The fraction of sp³-hybridized carbons (Fsp3) is 0.250. The average Bonchev–Trinajstić information content (AvgIpc) is 2.46. The van der Waals surface area contributed by atoms with Crippen LogP contribution < -0.4 is 10.1 Å². The Morgan fingerprint density at radius 3 is 2.68 bits per heavy atom. The summed E-state index contributed by atoms with van der Waals surface area (Å²) < 4.78 is 42.0. The van der Waals surface area contributed by atoms with E-state index in [-0.39, 0.29) is 11.8 Å². The van der Waals surface area contributed by atoms with Crippen LogP contribution in [0.5, 0.6) is 5.75 Å². The maximum absolute atomic E-state index is 12.3.